The second kappa shape index (κ2) is 4.11. The Morgan fingerprint density at radius 2 is 2.29 bits per heavy atom. The number of nitrogens with two attached hydrogens (primary N) is 1. The van der Waals surface area contributed by atoms with Gasteiger partial charge in [0.25, 0.3) is 0 Å². The van der Waals surface area contributed by atoms with Crippen molar-refractivity contribution in [1.29, 1.82) is 0 Å². The Kier molecular flexibility index (Phi) is 2.59. The molecule has 0 aliphatic heterocycles. The highest BCUT2D eigenvalue weighted by molar-refractivity contribution is 5.42. The molecule has 1 aliphatic rings. The smallest absolute Gasteiger partial charge is 0.161 e. The Labute approximate surface area is 101 Å². The Balaban J connectivity index is 1.95. The van der Waals surface area contributed by atoms with E-state index in [0.717, 1.165) is 17.9 Å². The molecule has 90 valence electrons. The molecule has 0 radical (unpaired) electrons. The van der Waals surface area contributed by atoms with E-state index in [1.807, 2.05) is 6.92 Å². The minimum absolute atomic E-state index is 0.187. The minimum Gasteiger partial charge on any atom is -0.328 e. The lowest BCUT2D eigenvalue weighted by Crippen LogP contribution is -2.18. The van der Waals surface area contributed by atoms with Crippen LogP contribution in [0.4, 0.5) is 0 Å². The molecular weight excluding hydrogens is 212 g/mol. The third-order valence-electron chi connectivity index (χ3n) is 3.53. The van der Waals surface area contributed by atoms with Crippen molar-refractivity contribution in [3.8, 4) is 0 Å². The summed E-state index contributed by atoms with van der Waals surface area (Å²) in [6.45, 7) is 2.02. The number of rotatable bonds is 3. The average molecular weight is 230 g/mol. The number of hydrogen-bond donors (Lipinski definition) is 1. The zero-order chi connectivity index (χ0) is 11.8. The summed E-state index contributed by atoms with van der Waals surface area (Å²) >= 11 is 0. The maximum absolute atomic E-state index is 5.81. The van der Waals surface area contributed by atoms with Crippen molar-refractivity contribution in [3.63, 3.8) is 0 Å². The summed E-state index contributed by atoms with van der Waals surface area (Å²) in [6.07, 6.45) is 6.80. The molecule has 0 saturated heterocycles. The Bertz CT molecular complexity index is 525. The molecular formula is C13H18N4. The summed E-state index contributed by atoms with van der Waals surface area (Å²) in [6, 6.07) is 4.41. The first-order valence-electron chi connectivity index (χ1n) is 6.33. The number of hydrogen-bond acceptors (Lipinski definition) is 3. The van der Waals surface area contributed by atoms with Gasteiger partial charge in [0.15, 0.2) is 5.65 Å². The van der Waals surface area contributed by atoms with E-state index >= 15 is 0 Å². The third kappa shape index (κ3) is 1.93. The molecule has 2 aromatic rings. The molecule has 4 heteroatoms. The zero-order valence-electron chi connectivity index (χ0n) is 10.1. The largest absolute Gasteiger partial charge is 0.328 e. The van der Waals surface area contributed by atoms with E-state index < -0.39 is 0 Å². The van der Waals surface area contributed by atoms with Gasteiger partial charge in [-0.05, 0) is 43.9 Å². The van der Waals surface area contributed by atoms with Crippen LogP contribution in [0.5, 0.6) is 0 Å². The van der Waals surface area contributed by atoms with Crippen LogP contribution >= 0.6 is 0 Å². The fourth-order valence-corrected chi connectivity index (χ4v) is 2.40. The van der Waals surface area contributed by atoms with E-state index in [1.54, 1.807) is 0 Å². The van der Waals surface area contributed by atoms with Gasteiger partial charge in [0, 0.05) is 18.2 Å². The quantitative estimate of drug-likeness (QED) is 0.876. The van der Waals surface area contributed by atoms with Crippen molar-refractivity contribution < 1.29 is 0 Å². The Morgan fingerprint density at radius 1 is 1.47 bits per heavy atom. The van der Waals surface area contributed by atoms with Gasteiger partial charge >= 0.3 is 0 Å². The first-order chi connectivity index (χ1) is 8.24. The highest BCUT2D eigenvalue weighted by Gasteiger charge is 2.24. The molecule has 2 heterocycles. The standard InChI is InChI=1S/C13H18N4/c1-9(14)7-10-5-6-17-12(8-10)15-16-13(17)11-3-2-4-11/h5-6,8-9,11H,2-4,7,14H2,1H3. The summed E-state index contributed by atoms with van der Waals surface area (Å²) in [5.41, 5.74) is 8.00. The monoisotopic (exact) mass is 230 g/mol. The second-order valence-electron chi connectivity index (χ2n) is 5.13. The van der Waals surface area contributed by atoms with Crippen LogP contribution in [0.2, 0.25) is 0 Å². The van der Waals surface area contributed by atoms with Gasteiger partial charge in [0.1, 0.15) is 5.82 Å². The number of aromatic nitrogens is 3. The second-order valence-corrected chi connectivity index (χ2v) is 5.13. The fraction of sp³-hybridized carbons (Fsp3) is 0.538. The molecule has 1 saturated carbocycles. The lowest BCUT2D eigenvalue weighted by molar-refractivity contribution is 0.399. The van der Waals surface area contributed by atoms with Crippen molar-refractivity contribution in [1.82, 2.24) is 14.6 Å². The normalized spacial score (nSPS) is 18.2. The van der Waals surface area contributed by atoms with Crippen LogP contribution in [0.15, 0.2) is 18.3 Å². The maximum Gasteiger partial charge on any atom is 0.161 e. The van der Waals surface area contributed by atoms with Gasteiger partial charge in [-0.25, -0.2) is 0 Å². The maximum atomic E-state index is 5.81. The zero-order valence-corrected chi connectivity index (χ0v) is 10.1. The van der Waals surface area contributed by atoms with Gasteiger partial charge in [-0.15, -0.1) is 10.2 Å². The van der Waals surface area contributed by atoms with Crippen LogP contribution in [0.1, 0.15) is 43.5 Å². The van der Waals surface area contributed by atoms with Gasteiger partial charge in [0.05, 0.1) is 0 Å². The highest BCUT2D eigenvalue weighted by Crippen LogP contribution is 2.35. The molecule has 4 nitrogen and oxygen atoms in total. The van der Waals surface area contributed by atoms with Gasteiger partial charge in [-0.1, -0.05) is 6.42 Å². The van der Waals surface area contributed by atoms with Crippen LogP contribution < -0.4 is 5.73 Å². The van der Waals surface area contributed by atoms with Crippen molar-refractivity contribution >= 4 is 5.65 Å². The number of fused-ring (bicyclic) bond motifs is 1. The lowest BCUT2D eigenvalue weighted by atomic mass is 9.85. The van der Waals surface area contributed by atoms with E-state index in [1.165, 1.54) is 24.8 Å². The van der Waals surface area contributed by atoms with Crippen molar-refractivity contribution in [2.45, 2.75) is 44.6 Å². The van der Waals surface area contributed by atoms with Crippen LogP contribution in [-0.4, -0.2) is 20.6 Å². The van der Waals surface area contributed by atoms with Crippen LogP contribution in [0, 0.1) is 0 Å². The Morgan fingerprint density at radius 3 is 2.94 bits per heavy atom. The molecule has 1 atom stereocenters. The van der Waals surface area contributed by atoms with Gasteiger partial charge in [-0.3, -0.25) is 4.40 Å². The highest BCUT2D eigenvalue weighted by atomic mass is 15.2. The lowest BCUT2D eigenvalue weighted by Gasteiger charge is -2.23. The molecule has 1 fully saturated rings. The molecule has 2 N–H and O–H groups in total. The predicted octanol–water partition coefficient (Wildman–Crippen LogP) is 1.89. The van der Waals surface area contributed by atoms with E-state index in [9.17, 15) is 0 Å². The van der Waals surface area contributed by atoms with E-state index in [2.05, 4.69) is 32.9 Å². The summed E-state index contributed by atoms with van der Waals surface area (Å²) < 4.78 is 2.12. The topological polar surface area (TPSA) is 56.2 Å². The SMILES string of the molecule is CC(N)Cc1ccn2c(C3CCC3)nnc2c1. The van der Waals surface area contributed by atoms with Gasteiger partial charge in [-0.2, -0.15) is 0 Å². The summed E-state index contributed by atoms with van der Waals surface area (Å²) in [4.78, 5) is 0. The number of nitrogens with zero attached hydrogens (tertiary/aromatic N) is 3. The van der Waals surface area contributed by atoms with Crippen LogP contribution in [-0.2, 0) is 6.42 Å². The third-order valence-corrected chi connectivity index (χ3v) is 3.53. The van der Waals surface area contributed by atoms with E-state index in [4.69, 9.17) is 5.73 Å². The average Bonchev–Trinajstić information content (AvgIpc) is 2.58. The molecule has 1 unspecified atom stereocenters. The van der Waals surface area contributed by atoms with Crippen LogP contribution in [0.3, 0.4) is 0 Å². The molecule has 0 bridgehead atoms. The first-order valence-corrected chi connectivity index (χ1v) is 6.33. The molecule has 1 aliphatic carbocycles. The van der Waals surface area contributed by atoms with Gasteiger partial charge < -0.3 is 5.73 Å². The van der Waals surface area contributed by atoms with E-state index in [-0.39, 0.29) is 6.04 Å². The predicted molar refractivity (Wildman–Crippen MR) is 66.9 cm³/mol. The van der Waals surface area contributed by atoms with Crippen molar-refractivity contribution in [2.24, 2.45) is 5.73 Å². The molecule has 0 amide bonds. The first kappa shape index (κ1) is 10.7. The Hall–Kier alpha value is -1.42. The van der Waals surface area contributed by atoms with Crippen molar-refractivity contribution in [2.75, 3.05) is 0 Å². The summed E-state index contributed by atoms with van der Waals surface area (Å²) in [5.74, 6) is 1.74. The van der Waals surface area contributed by atoms with Gasteiger partial charge in [0.2, 0.25) is 0 Å². The minimum atomic E-state index is 0.187. The number of pyridine rings is 1. The molecule has 3 rings (SSSR count). The fourth-order valence-electron chi connectivity index (χ4n) is 2.40. The summed E-state index contributed by atoms with van der Waals surface area (Å²) in [7, 11) is 0. The molecule has 2 aromatic heterocycles. The molecule has 17 heavy (non-hydrogen) atoms. The van der Waals surface area contributed by atoms with E-state index in [0.29, 0.717) is 5.92 Å². The molecule has 0 spiro atoms. The summed E-state index contributed by atoms with van der Waals surface area (Å²) in [5, 5.41) is 8.58. The van der Waals surface area contributed by atoms with Crippen molar-refractivity contribution in [3.05, 3.63) is 29.7 Å². The van der Waals surface area contributed by atoms with Crippen LogP contribution in [0.25, 0.3) is 5.65 Å². The molecule has 0 aromatic carbocycles.